The first-order valence-electron chi connectivity index (χ1n) is 7.22. The lowest BCUT2D eigenvalue weighted by atomic mass is 10.1. The highest BCUT2D eigenvalue weighted by Crippen LogP contribution is 2.13. The predicted octanol–water partition coefficient (Wildman–Crippen LogP) is 3.95. The lowest BCUT2D eigenvalue weighted by Gasteiger charge is -2.10. The SMILES string of the molecule is C=CCOC(=O)/C(=C\c1ccccc1)NC(=O)c1cccc(Br)c1. The van der Waals surface area contributed by atoms with Gasteiger partial charge in [0.25, 0.3) is 5.91 Å². The number of halogens is 1. The smallest absolute Gasteiger partial charge is 0.355 e. The Bertz CT molecular complexity index is 769. The van der Waals surface area contributed by atoms with Crippen molar-refractivity contribution in [2.24, 2.45) is 0 Å². The largest absolute Gasteiger partial charge is 0.457 e. The van der Waals surface area contributed by atoms with E-state index in [-0.39, 0.29) is 12.3 Å². The number of rotatable bonds is 6. The molecule has 0 bridgehead atoms. The third kappa shape index (κ3) is 5.21. The molecule has 2 aromatic rings. The lowest BCUT2D eigenvalue weighted by molar-refractivity contribution is -0.138. The molecule has 0 saturated heterocycles. The molecule has 0 heterocycles. The highest BCUT2D eigenvalue weighted by atomic mass is 79.9. The molecule has 0 unspecified atom stereocenters. The molecule has 0 spiro atoms. The maximum atomic E-state index is 12.4. The van der Waals surface area contributed by atoms with Crippen molar-refractivity contribution in [3.05, 3.63) is 88.5 Å². The minimum absolute atomic E-state index is 0.0630. The molecule has 4 nitrogen and oxygen atoms in total. The second-order valence-corrected chi connectivity index (χ2v) is 5.74. The van der Waals surface area contributed by atoms with E-state index in [1.807, 2.05) is 36.4 Å². The van der Waals surface area contributed by atoms with Gasteiger partial charge in [-0.2, -0.15) is 0 Å². The van der Waals surface area contributed by atoms with Gasteiger partial charge in [0.2, 0.25) is 0 Å². The average molecular weight is 386 g/mol. The number of ether oxygens (including phenoxy) is 1. The number of benzene rings is 2. The van der Waals surface area contributed by atoms with Crippen molar-refractivity contribution in [1.29, 1.82) is 0 Å². The zero-order chi connectivity index (χ0) is 17.4. The van der Waals surface area contributed by atoms with Crippen LogP contribution in [0.15, 0.2) is 77.4 Å². The third-order valence-corrected chi connectivity index (χ3v) is 3.49. The molecule has 0 aliphatic rings. The van der Waals surface area contributed by atoms with Crippen LogP contribution in [0, 0.1) is 0 Å². The molecule has 0 saturated carbocycles. The summed E-state index contributed by atoms with van der Waals surface area (Å²) in [4.78, 5) is 24.6. The Kier molecular flexibility index (Phi) is 6.51. The quantitative estimate of drug-likeness (QED) is 0.465. The predicted molar refractivity (Wildman–Crippen MR) is 97.2 cm³/mol. The van der Waals surface area contributed by atoms with Gasteiger partial charge in [-0.05, 0) is 29.8 Å². The van der Waals surface area contributed by atoms with E-state index in [4.69, 9.17) is 4.74 Å². The first-order chi connectivity index (χ1) is 11.6. The first kappa shape index (κ1) is 17.7. The van der Waals surface area contributed by atoms with E-state index >= 15 is 0 Å². The van der Waals surface area contributed by atoms with E-state index in [1.165, 1.54) is 6.08 Å². The summed E-state index contributed by atoms with van der Waals surface area (Å²) in [6.45, 7) is 3.57. The fourth-order valence-corrected chi connectivity index (χ4v) is 2.30. The van der Waals surface area contributed by atoms with Crippen molar-refractivity contribution < 1.29 is 14.3 Å². The molecule has 0 fully saturated rings. The number of nitrogens with one attached hydrogen (secondary N) is 1. The second kappa shape index (κ2) is 8.84. The van der Waals surface area contributed by atoms with Gasteiger partial charge in [-0.25, -0.2) is 4.79 Å². The molecule has 0 radical (unpaired) electrons. The Labute approximate surface area is 149 Å². The number of hydrogen-bond acceptors (Lipinski definition) is 3. The van der Waals surface area contributed by atoms with Gasteiger partial charge in [0, 0.05) is 10.0 Å². The molecule has 0 aromatic heterocycles. The fraction of sp³-hybridized carbons (Fsp3) is 0.0526. The van der Waals surface area contributed by atoms with Gasteiger partial charge >= 0.3 is 5.97 Å². The lowest BCUT2D eigenvalue weighted by Crippen LogP contribution is -2.28. The van der Waals surface area contributed by atoms with Gasteiger partial charge in [-0.15, -0.1) is 0 Å². The van der Waals surface area contributed by atoms with Crippen molar-refractivity contribution in [3.8, 4) is 0 Å². The summed E-state index contributed by atoms with van der Waals surface area (Å²) in [5, 5.41) is 2.61. The summed E-state index contributed by atoms with van der Waals surface area (Å²) in [7, 11) is 0. The van der Waals surface area contributed by atoms with Crippen LogP contribution in [0.1, 0.15) is 15.9 Å². The van der Waals surface area contributed by atoms with Gasteiger partial charge in [-0.3, -0.25) is 4.79 Å². The van der Waals surface area contributed by atoms with Crippen molar-refractivity contribution in [3.63, 3.8) is 0 Å². The van der Waals surface area contributed by atoms with E-state index in [2.05, 4.69) is 27.8 Å². The monoisotopic (exact) mass is 385 g/mol. The van der Waals surface area contributed by atoms with Crippen LogP contribution in [0.2, 0.25) is 0 Å². The molecular formula is C19H16BrNO3. The second-order valence-electron chi connectivity index (χ2n) is 4.82. The molecule has 5 heteroatoms. The minimum Gasteiger partial charge on any atom is -0.457 e. The number of esters is 1. The molecular weight excluding hydrogens is 370 g/mol. The molecule has 24 heavy (non-hydrogen) atoms. The number of carbonyl (C=O) groups excluding carboxylic acids is 2. The van der Waals surface area contributed by atoms with Crippen LogP contribution < -0.4 is 5.32 Å². The average Bonchev–Trinajstić information content (AvgIpc) is 2.60. The van der Waals surface area contributed by atoms with E-state index in [9.17, 15) is 9.59 Å². The summed E-state index contributed by atoms with van der Waals surface area (Å²) < 4.78 is 5.81. The van der Waals surface area contributed by atoms with Crippen molar-refractivity contribution in [2.75, 3.05) is 6.61 Å². The summed E-state index contributed by atoms with van der Waals surface area (Å²) >= 11 is 3.32. The Balaban J connectivity index is 2.25. The Morgan fingerprint density at radius 2 is 1.88 bits per heavy atom. The van der Waals surface area contributed by atoms with Crippen LogP contribution in [0.25, 0.3) is 6.08 Å². The summed E-state index contributed by atoms with van der Waals surface area (Å²) in [6, 6.07) is 16.1. The Morgan fingerprint density at radius 1 is 1.12 bits per heavy atom. The number of amides is 1. The first-order valence-corrected chi connectivity index (χ1v) is 8.01. The molecule has 122 valence electrons. The number of carbonyl (C=O) groups is 2. The Hall–Kier alpha value is -2.66. The highest BCUT2D eigenvalue weighted by Gasteiger charge is 2.15. The Morgan fingerprint density at radius 3 is 2.54 bits per heavy atom. The van der Waals surface area contributed by atoms with Crippen LogP contribution in [-0.2, 0) is 9.53 Å². The normalized spacial score (nSPS) is 10.8. The van der Waals surface area contributed by atoms with Gasteiger partial charge in [0.15, 0.2) is 0 Å². The van der Waals surface area contributed by atoms with Gasteiger partial charge in [0.1, 0.15) is 12.3 Å². The van der Waals surface area contributed by atoms with E-state index in [0.29, 0.717) is 5.56 Å². The third-order valence-electron chi connectivity index (χ3n) is 3.00. The van der Waals surface area contributed by atoms with Gasteiger partial charge in [0.05, 0.1) is 0 Å². The van der Waals surface area contributed by atoms with Crippen LogP contribution in [0.5, 0.6) is 0 Å². The minimum atomic E-state index is -0.623. The van der Waals surface area contributed by atoms with Crippen molar-refractivity contribution >= 4 is 33.9 Å². The van der Waals surface area contributed by atoms with E-state index in [0.717, 1.165) is 10.0 Å². The summed E-state index contributed by atoms with van der Waals surface area (Å²) in [6.07, 6.45) is 3.04. The maximum Gasteiger partial charge on any atom is 0.355 e. The van der Waals surface area contributed by atoms with Crippen molar-refractivity contribution in [2.45, 2.75) is 0 Å². The standard InChI is InChI=1S/C19H16BrNO3/c1-2-11-24-19(23)17(12-14-7-4-3-5-8-14)21-18(22)15-9-6-10-16(20)13-15/h2-10,12-13H,1,11H2,(H,21,22)/b17-12+. The molecule has 1 amide bonds. The highest BCUT2D eigenvalue weighted by molar-refractivity contribution is 9.10. The molecule has 0 aliphatic carbocycles. The van der Waals surface area contributed by atoms with Crippen LogP contribution in [0.4, 0.5) is 0 Å². The zero-order valence-corrected chi connectivity index (χ0v) is 14.5. The topological polar surface area (TPSA) is 55.4 Å². The molecule has 0 atom stereocenters. The number of hydrogen-bond donors (Lipinski definition) is 1. The van der Waals surface area contributed by atoms with Crippen LogP contribution in [0.3, 0.4) is 0 Å². The van der Waals surface area contributed by atoms with Crippen LogP contribution in [-0.4, -0.2) is 18.5 Å². The molecule has 0 aliphatic heterocycles. The van der Waals surface area contributed by atoms with Crippen molar-refractivity contribution in [1.82, 2.24) is 5.32 Å². The molecule has 2 aromatic carbocycles. The van der Waals surface area contributed by atoms with Gasteiger partial charge < -0.3 is 10.1 Å². The zero-order valence-electron chi connectivity index (χ0n) is 12.9. The maximum absolute atomic E-state index is 12.4. The van der Waals surface area contributed by atoms with Crippen LogP contribution >= 0.6 is 15.9 Å². The van der Waals surface area contributed by atoms with Gasteiger partial charge in [-0.1, -0.05) is 65.0 Å². The molecule has 2 rings (SSSR count). The fourth-order valence-electron chi connectivity index (χ4n) is 1.90. The van der Waals surface area contributed by atoms with E-state index < -0.39 is 11.9 Å². The summed E-state index contributed by atoms with van der Waals surface area (Å²) in [5.41, 5.74) is 1.27. The van der Waals surface area contributed by atoms with E-state index in [1.54, 1.807) is 24.3 Å². The molecule has 1 N–H and O–H groups in total. The summed E-state index contributed by atoms with van der Waals surface area (Å²) in [5.74, 6) is -1.02.